The largest absolute Gasteiger partial charge is 0.491 e. The summed E-state index contributed by atoms with van der Waals surface area (Å²) >= 11 is 0. The van der Waals surface area contributed by atoms with Crippen LogP contribution in [0.5, 0.6) is 5.75 Å². The van der Waals surface area contributed by atoms with E-state index in [9.17, 15) is 5.11 Å². The van der Waals surface area contributed by atoms with Gasteiger partial charge < -0.3 is 9.84 Å². The molecular formula is C17H28O2. The van der Waals surface area contributed by atoms with Crippen LogP contribution < -0.4 is 4.74 Å². The quantitative estimate of drug-likeness (QED) is 0.843. The lowest BCUT2D eigenvalue weighted by molar-refractivity contribution is 0.106. The summed E-state index contributed by atoms with van der Waals surface area (Å²) in [6.07, 6.45) is 0.402. The van der Waals surface area contributed by atoms with Gasteiger partial charge in [0, 0.05) is 5.56 Å². The van der Waals surface area contributed by atoms with Crippen LogP contribution in [-0.2, 0) is 0 Å². The van der Waals surface area contributed by atoms with Crippen LogP contribution in [0.2, 0.25) is 0 Å². The molecule has 0 radical (unpaired) electrons. The molecule has 0 saturated carbocycles. The van der Waals surface area contributed by atoms with E-state index in [1.807, 2.05) is 38.1 Å². The normalized spacial score (nSPS) is 15.4. The number of aliphatic hydroxyl groups is 1. The minimum absolute atomic E-state index is 0.119. The first kappa shape index (κ1) is 16.0. The number of aliphatic hydroxyl groups excluding tert-OH is 1. The predicted octanol–water partition coefficient (Wildman–Crippen LogP) is 4.58. The lowest BCUT2D eigenvalue weighted by atomic mass is 9.78. The SMILES string of the molecule is CC(C)Oc1ccccc1C(O)CC(C)C(C)(C)C. The Bertz CT molecular complexity index is 390. The van der Waals surface area contributed by atoms with Crippen molar-refractivity contribution in [3.63, 3.8) is 0 Å². The molecule has 0 heterocycles. The number of hydrogen-bond donors (Lipinski definition) is 1. The van der Waals surface area contributed by atoms with Crippen LogP contribution in [0.15, 0.2) is 24.3 Å². The van der Waals surface area contributed by atoms with Crippen molar-refractivity contribution in [2.75, 3.05) is 0 Å². The standard InChI is InChI=1S/C17H28O2/c1-12(2)19-16-10-8-7-9-14(16)15(18)11-13(3)17(4,5)6/h7-10,12-13,15,18H,11H2,1-6H3. The van der Waals surface area contributed by atoms with E-state index >= 15 is 0 Å². The molecule has 0 spiro atoms. The maximum Gasteiger partial charge on any atom is 0.125 e. The zero-order valence-electron chi connectivity index (χ0n) is 13.1. The molecule has 1 rings (SSSR count). The molecule has 0 amide bonds. The maximum atomic E-state index is 10.5. The van der Waals surface area contributed by atoms with Gasteiger partial charge in [0.2, 0.25) is 0 Å². The monoisotopic (exact) mass is 264 g/mol. The number of hydrogen-bond acceptors (Lipinski definition) is 2. The Kier molecular flexibility index (Phi) is 5.42. The van der Waals surface area contributed by atoms with Gasteiger partial charge in [-0.05, 0) is 37.7 Å². The van der Waals surface area contributed by atoms with Gasteiger partial charge in [-0.25, -0.2) is 0 Å². The van der Waals surface area contributed by atoms with Gasteiger partial charge in [0.1, 0.15) is 5.75 Å². The molecule has 0 aliphatic rings. The van der Waals surface area contributed by atoms with E-state index in [4.69, 9.17) is 4.74 Å². The average Bonchev–Trinajstić information content (AvgIpc) is 2.27. The molecule has 2 heteroatoms. The van der Waals surface area contributed by atoms with Crippen LogP contribution in [0.3, 0.4) is 0 Å². The molecule has 0 saturated heterocycles. The molecule has 1 aromatic rings. The minimum Gasteiger partial charge on any atom is -0.491 e. The third kappa shape index (κ3) is 4.87. The van der Waals surface area contributed by atoms with E-state index in [0.717, 1.165) is 17.7 Å². The van der Waals surface area contributed by atoms with Crippen LogP contribution in [0.1, 0.15) is 59.6 Å². The minimum atomic E-state index is -0.468. The predicted molar refractivity (Wildman–Crippen MR) is 80.4 cm³/mol. The zero-order chi connectivity index (χ0) is 14.6. The second-order valence-electron chi connectivity index (χ2n) is 6.72. The van der Waals surface area contributed by atoms with Crippen molar-refractivity contribution >= 4 is 0 Å². The van der Waals surface area contributed by atoms with E-state index in [0.29, 0.717) is 5.92 Å². The Balaban J connectivity index is 2.84. The first-order valence-electron chi connectivity index (χ1n) is 7.15. The summed E-state index contributed by atoms with van der Waals surface area (Å²) in [6.45, 7) is 12.8. The first-order valence-corrected chi connectivity index (χ1v) is 7.15. The van der Waals surface area contributed by atoms with Crippen molar-refractivity contribution in [3.8, 4) is 5.75 Å². The van der Waals surface area contributed by atoms with E-state index < -0.39 is 6.10 Å². The van der Waals surface area contributed by atoms with Crippen LogP contribution in [-0.4, -0.2) is 11.2 Å². The molecule has 0 bridgehead atoms. The van der Waals surface area contributed by atoms with Crippen molar-refractivity contribution in [3.05, 3.63) is 29.8 Å². The summed E-state index contributed by atoms with van der Waals surface area (Å²) in [6, 6.07) is 7.78. The van der Waals surface area contributed by atoms with Crippen molar-refractivity contribution in [2.45, 2.75) is 60.2 Å². The van der Waals surface area contributed by atoms with Gasteiger partial charge in [0.05, 0.1) is 12.2 Å². The summed E-state index contributed by atoms with van der Waals surface area (Å²) in [5.74, 6) is 1.24. The van der Waals surface area contributed by atoms with Crippen LogP contribution in [0, 0.1) is 11.3 Å². The summed E-state index contributed by atoms with van der Waals surface area (Å²) in [5.41, 5.74) is 1.10. The molecule has 0 fully saturated rings. The first-order chi connectivity index (χ1) is 8.71. The summed E-state index contributed by atoms with van der Waals surface area (Å²) < 4.78 is 5.77. The van der Waals surface area contributed by atoms with E-state index in [1.54, 1.807) is 0 Å². The molecule has 0 aliphatic carbocycles. The van der Waals surface area contributed by atoms with E-state index in [-0.39, 0.29) is 11.5 Å². The number of rotatable bonds is 5. The highest BCUT2D eigenvalue weighted by molar-refractivity contribution is 5.35. The number of para-hydroxylation sites is 1. The van der Waals surface area contributed by atoms with Crippen molar-refractivity contribution in [2.24, 2.45) is 11.3 Å². The van der Waals surface area contributed by atoms with Crippen LogP contribution in [0.4, 0.5) is 0 Å². The van der Waals surface area contributed by atoms with E-state index in [2.05, 4.69) is 27.7 Å². The molecule has 19 heavy (non-hydrogen) atoms. The van der Waals surface area contributed by atoms with Crippen LogP contribution >= 0.6 is 0 Å². The molecule has 1 N–H and O–H groups in total. The molecule has 2 nitrogen and oxygen atoms in total. The van der Waals surface area contributed by atoms with Gasteiger partial charge in [-0.15, -0.1) is 0 Å². The Hall–Kier alpha value is -1.02. The Morgan fingerprint density at radius 1 is 1.11 bits per heavy atom. The molecular weight excluding hydrogens is 236 g/mol. The second kappa shape index (κ2) is 6.42. The van der Waals surface area contributed by atoms with Gasteiger partial charge in [-0.3, -0.25) is 0 Å². The highest BCUT2D eigenvalue weighted by Gasteiger charge is 2.24. The summed E-state index contributed by atoms with van der Waals surface area (Å²) in [4.78, 5) is 0. The molecule has 0 aromatic heterocycles. The fourth-order valence-corrected chi connectivity index (χ4v) is 1.93. The van der Waals surface area contributed by atoms with Crippen LogP contribution in [0.25, 0.3) is 0 Å². The van der Waals surface area contributed by atoms with Crippen molar-refractivity contribution in [1.29, 1.82) is 0 Å². The summed E-state index contributed by atoms with van der Waals surface area (Å²) in [5, 5.41) is 10.5. The molecule has 2 unspecified atom stereocenters. The smallest absolute Gasteiger partial charge is 0.125 e. The highest BCUT2D eigenvalue weighted by atomic mass is 16.5. The van der Waals surface area contributed by atoms with Gasteiger partial charge in [0.15, 0.2) is 0 Å². The Morgan fingerprint density at radius 3 is 2.21 bits per heavy atom. The average molecular weight is 264 g/mol. The Morgan fingerprint density at radius 2 is 1.68 bits per heavy atom. The lowest BCUT2D eigenvalue weighted by Crippen LogP contribution is -2.20. The lowest BCUT2D eigenvalue weighted by Gasteiger charge is -2.29. The van der Waals surface area contributed by atoms with Crippen molar-refractivity contribution < 1.29 is 9.84 Å². The number of benzene rings is 1. The van der Waals surface area contributed by atoms with Gasteiger partial charge >= 0.3 is 0 Å². The van der Waals surface area contributed by atoms with Gasteiger partial charge in [0.25, 0.3) is 0 Å². The second-order valence-corrected chi connectivity index (χ2v) is 6.72. The third-order valence-electron chi connectivity index (χ3n) is 3.70. The zero-order valence-corrected chi connectivity index (χ0v) is 13.1. The topological polar surface area (TPSA) is 29.5 Å². The fourth-order valence-electron chi connectivity index (χ4n) is 1.93. The summed E-state index contributed by atoms with van der Waals surface area (Å²) in [7, 11) is 0. The van der Waals surface area contributed by atoms with Gasteiger partial charge in [-0.2, -0.15) is 0 Å². The highest BCUT2D eigenvalue weighted by Crippen LogP contribution is 2.36. The maximum absolute atomic E-state index is 10.5. The fraction of sp³-hybridized carbons (Fsp3) is 0.647. The molecule has 108 valence electrons. The molecule has 2 atom stereocenters. The van der Waals surface area contributed by atoms with E-state index in [1.165, 1.54) is 0 Å². The number of ether oxygens (including phenoxy) is 1. The molecule has 1 aromatic carbocycles. The van der Waals surface area contributed by atoms with Gasteiger partial charge in [-0.1, -0.05) is 45.9 Å². The van der Waals surface area contributed by atoms with Crippen molar-refractivity contribution in [1.82, 2.24) is 0 Å². The third-order valence-corrected chi connectivity index (χ3v) is 3.70. The molecule has 0 aliphatic heterocycles. The Labute approximate surface area is 117 Å².